The van der Waals surface area contributed by atoms with E-state index in [9.17, 15) is 4.79 Å². The lowest BCUT2D eigenvalue weighted by molar-refractivity contribution is -0.151. The zero-order chi connectivity index (χ0) is 40.9. The summed E-state index contributed by atoms with van der Waals surface area (Å²) in [6.45, 7) is 17.2. The van der Waals surface area contributed by atoms with Crippen molar-refractivity contribution in [1.82, 2.24) is 0 Å². The summed E-state index contributed by atoms with van der Waals surface area (Å²) in [5, 5.41) is 0. The summed E-state index contributed by atoms with van der Waals surface area (Å²) in [4.78, 5) is 12.9. The number of unbranched alkanes of at least 4 members (excludes halogenated alkanes) is 22. The van der Waals surface area contributed by atoms with Crippen LogP contribution >= 0.6 is 0 Å². The van der Waals surface area contributed by atoms with E-state index in [0.717, 1.165) is 48.9 Å². The minimum absolute atomic E-state index is 0.0636. The van der Waals surface area contributed by atoms with Crippen LogP contribution in [-0.4, -0.2) is 12.1 Å². The van der Waals surface area contributed by atoms with Crippen molar-refractivity contribution in [3.63, 3.8) is 0 Å². The Hall–Kier alpha value is -1.05. The van der Waals surface area contributed by atoms with Crippen molar-refractivity contribution in [1.29, 1.82) is 0 Å². The van der Waals surface area contributed by atoms with Crippen LogP contribution < -0.4 is 0 Å². The number of carbonyl (C=O) groups excluding carboxylic acids is 1. The Balaban J connectivity index is 1.00. The van der Waals surface area contributed by atoms with Gasteiger partial charge in [0.15, 0.2) is 0 Å². The number of ether oxygens (including phenoxy) is 1. The van der Waals surface area contributed by atoms with E-state index in [-0.39, 0.29) is 12.1 Å². The van der Waals surface area contributed by atoms with Crippen molar-refractivity contribution in [3.05, 3.63) is 23.8 Å². The van der Waals surface area contributed by atoms with E-state index >= 15 is 0 Å². The smallest absolute Gasteiger partial charge is 0.306 e. The molecule has 0 aromatic rings. The number of allylic oxidation sites excluding steroid dienone is 3. The number of fused-ring (bicyclic) bond motifs is 5. The molecule has 4 aliphatic carbocycles. The monoisotopic (exact) mass is 791 g/mol. The molecule has 0 saturated heterocycles. The van der Waals surface area contributed by atoms with Crippen LogP contribution in [0.15, 0.2) is 23.8 Å². The lowest BCUT2D eigenvalue weighted by Crippen LogP contribution is -2.51. The van der Waals surface area contributed by atoms with Crippen LogP contribution in [0.25, 0.3) is 0 Å². The highest BCUT2D eigenvalue weighted by Crippen LogP contribution is 2.67. The molecule has 0 aliphatic heterocycles. The molecule has 0 amide bonds. The van der Waals surface area contributed by atoms with Crippen molar-refractivity contribution in [3.8, 4) is 0 Å². The Kier molecular flexibility index (Phi) is 22.4. The molecular formula is C55H98O2. The summed E-state index contributed by atoms with van der Waals surface area (Å²) >= 11 is 0. The summed E-state index contributed by atoms with van der Waals surface area (Å²) in [6.07, 6.45) is 52.2. The van der Waals surface area contributed by atoms with E-state index in [0.29, 0.717) is 29.1 Å². The van der Waals surface area contributed by atoms with Crippen LogP contribution in [0, 0.1) is 52.3 Å². The van der Waals surface area contributed by atoms with Gasteiger partial charge in [0.1, 0.15) is 6.10 Å². The fourth-order valence-electron chi connectivity index (χ4n) is 13.2. The second-order valence-corrected chi connectivity index (χ2v) is 21.4. The first kappa shape index (κ1) is 48.6. The zero-order valence-corrected chi connectivity index (χ0v) is 39.5. The molecule has 2 nitrogen and oxygen atoms in total. The maximum atomic E-state index is 12.9. The fraction of sp³-hybridized carbons (Fsp3) is 0.909. The summed E-state index contributed by atoms with van der Waals surface area (Å²) in [6, 6.07) is 0. The molecule has 4 rings (SSSR count). The minimum atomic E-state index is 0.0636. The number of hydrogen-bond acceptors (Lipinski definition) is 2. The Labute approximate surface area is 356 Å². The standard InChI is InChI=1S/C55H98O2/c1-8-10-11-12-13-14-15-16-17-18-19-20-21-22-23-24-25-26-27-28-29-30-31-32-53(56)57-48-39-41-54(6)47(43-48)35-36-49-51-38-37-50(55(51,7)42-40-52(49)54)45(5)33-34-46(9-2)44(3)4/h33-35,44-46,48-52H,8-32,36-43H2,1-7H3/b34-33+. The predicted octanol–water partition coefficient (Wildman–Crippen LogP) is 17.7. The van der Waals surface area contributed by atoms with Crippen LogP contribution in [0.5, 0.6) is 0 Å². The Bertz CT molecular complexity index is 1150. The molecule has 2 heteroatoms. The van der Waals surface area contributed by atoms with Crippen molar-refractivity contribution in [2.24, 2.45) is 52.3 Å². The van der Waals surface area contributed by atoms with Crippen LogP contribution in [0.4, 0.5) is 0 Å². The van der Waals surface area contributed by atoms with E-state index in [2.05, 4.69) is 66.7 Å². The summed E-state index contributed by atoms with van der Waals surface area (Å²) in [7, 11) is 0. The van der Waals surface area contributed by atoms with Crippen LogP contribution in [0.3, 0.4) is 0 Å². The minimum Gasteiger partial charge on any atom is -0.462 e. The molecule has 3 fully saturated rings. The number of hydrogen-bond donors (Lipinski definition) is 0. The average molecular weight is 791 g/mol. The third-order valence-corrected chi connectivity index (χ3v) is 17.0. The first-order valence-electron chi connectivity index (χ1n) is 26.2. The van der Waals surface area contributed by atoms with Gasteiger partial charge in [-0.2, -0.15) is 0 Å². The molecule has 0 bridgehead atoms. The highest BCUT2D eigenvalue weighted by Gasteiger charge is 2.59. The van der Waals surface area contributed by atoms with Gasteiger partial charge in [0.2, 0.25) is 0 Å². The predicted molar refractivity (Wildman–Crippen MR) is 248 cm³/mol. The van der Waals surface area contributed by atoms with Crippen LogP contribution in [0.1, 0.15) is 260 Å². The van der Waals surface area contributed by atoms with Gasteiger partial charge >= 0.3 is 5.97 Å². The third kappa shape index (κ3) is 15.1. The molecular weight excluding hydrogens is 693 g/mol. The molecule has 0 heterocycles. The number of rotatable bonds is 30. The molecule has 9 unspecified atom stereocenters. The maximum Gasteiger partial charge on any atom is 0.306 e. The molecule has 0 aromatic carbocycles. The lowest BCUT2D eigenvalue weighted by Gasteiger charge is -2.58. The fourth-order valence-corrected chi connectivity index (χ4v) is 13.2. The summed E-state index contributed by atoms with van der Waals surface area (Å²) in [5.41, 5.74) is 2.44. The van der Waals surface area contributed by atoms with Crippen molar-refractivity contribution in [2.45, 2.75) is 266 Å². The van der Waals surface area contributed by atoms with Gasteiger partial charge in [0.05, 0.1) is 0 Å². The molecule has 0 radical (unpaired) electrons. The van der Waals surface area contributed by atoms with Crippen LogP contribution in [-0.2, 0) is 9.53 Å². The lowest BCUT2D eigenvalue weighted by atomic mass is 9.47. The first-order valence-corrected chi connectivity index (χ1v) is 26.2. The molecule has 330 valence electrons. The zero-order valence-electron chi connectivity index (χ0n) is 39.5. The highest BCUT2D eigenvalue weighted by molar-refractivity contribution is 5.69. The van der Waals surface area contributed by atoms with E-state index in [1.807, 2.05) is 0 Å². The van der Waals surface area contributed by atoms with E-state index in [4.69, 9.17) is 4.74 Å². The largest absolute Gasteiger partial charge is 0.462 e. The Morgan fingerprint density at radius 3 is 1.70 bits per heavy atom. The molecule has 3 saturated carbocycles. The van der Waals surface area contributed by atoms with Gasteiger partial charge in [-0.15, -0.1) is 0 Å². The topological polar surface area (TPSA) is 26.3 Å². The number of esters is 1. The maximum absolute atomic E-state index is 12.9. The molecule has 0 aromatic heterocycles. The van der Waals surface area contributed by atoms with E-state index < -0.39 is 0 Å². The average Bonchev–Trinajstić information content (AvgIpc) is 3.55. The van der Waals surface area contributed by atoms with E-state index in [1.165, 1.54) is 186 Å². The van der Waals surface area contributed by atoms with Gasteiger partial charge < -0.3 is 4.74 Å². The SMILES string of the molecule is CCCCCCCCCCCCCCCCCCCCCCCCCC(=O)OC1CCC2(C)C(=CCC3C2CCC2(C)C(C(C)/C=C/C(CC)C(C)C)CCC32)C1. The van der Waals surface area contributed by atoms with Gasteiger partial charge in [-0.25, -0.2) is 0 Å². The third-order valence-electron chi connectivity index (χ3n) is 17.0. The molecule has 0 N–H and O–H groups in total. The Morgan fingerprint density at radius 1 is 0.667 bits per heavy atom. The molecule has 9 atom stereocenters. The summed E-state index contributed by atoms with van der Waals surface area (Å²) in [5.74, 6) is 5.56. The highest BCUT2D eigenvalue weighted by atomic mass is 16.5. The molecule has 0 spiro atoms. The normalized spacial score (nSPS) is 29.5. The Morgan fingerprint density at radius 2 is 1.19 bits per heavy atom. The van der Waals surface area contributed by atoms with Crippen molar-refractivity contribution in [2.75, 3.05) is 0 Å². The quantitative estimate of drug-likeness (QED) is 0.0411. The second kappa shape index (κ2) is 26.3. The van der Waals surface area contributed by atoms with Gasteiger partial charge in [-0.05, 0) is 110 Å². The first-order chi connectivity index (χ1) is 27.6. The molecule has 4 aliphatic rings. The molecule has 57 heavy (non-hydrogen) atoms. The van der Waals surface area contributed by atoms with Gasteiger partial charge in [0.25, 0.3) is 0 Å². The van der Waals surface area contributed by atoms with Gasteiger partial charge in [-0.3, -0.25) is 4.79 Å². The van der Waals surface area contributed by atoms with Crippen LogP contribution in [0.2, 0.25) is 0 Å². The van der Waals surface area contributed by atoms with Crippen molar-refractivity contribution < 1.29 is 9.53 Å². The second-order valence-electron chi connectivity index (χ2n) is 21.4. The number of carbonyl (C=O) groups is 1. The summed E-state index contributed by atoms with van der Waals surface area (Å²) < 4.78 is 6.17. The van der Waals surface area contributed by atoms with E-state index in [1.54, 1.807) is 5.57 Å². The van der Waals surface area contributed by atoms with Gasteiger partial charge in [0, 0.05) is 12.8 Å². The van der Waals surface area contributed by atoms with Crippen molar-refractivity contribution >= 4 is 5.97 Å². The van der Waals surface area contributed by atoms with Gasteiger partial charge in [-0.1, -0.05) is 214 Å².